The van der Waals surface area contributed by atoms with Crippen molar-refractivity contribution >= 4 is 557 Å². The summed E-state index contributed by atoms with van der Waals surface area (Å²) >= 11 is 18.3. The van der Waals surface area contributed by atoms with Crippen molar-refractivity contribution < 1.29 is 33.6 Å². The van der Waals surface area contributed by atoms with E-state index in [1.807, 2.05) is 425 Å². The minimum atomic E-state index is -0.753. The van der Waals surface area contributed by atoms with Gasteiger partial charge in [0, 0.05) is 577 Å². The van der Waals surface area contributed by atoms with E-state index >= 15 is 0 Å². The van der Waals surface area contributed by atoms with Crippen molar-refractivity contribution in [1.82, 2.24) is 0 Å². The minimum Gasteiger partial charge on any atom is -0.481 e. The first-order chi connectivity index (χ1) is 53.8. The molecule has 2 aromatic carbocycles. The fraction of sp³-hybridized carbons (Fsp3) is 0.674. The van der Waals surface area contributed by atoms with Crippen LogP contribution in [-0.2, 0) is 561 Å². The maximum Gasteiger partial charge on any atom is 0.303 e. The number of aliphatic carboxylic acids is 1. The number of hydrogen-bond acceptors (Lipinski definition) is 11. The van der Waals surface area contributed by atoms with Gasteiger partial charge in [0.1, 0.15) is 5.78 Å². The molecule has 2 aromatic rings. The van der Waals surface area contributed by atoms with Gasteiger partial charge in [-0.3, -0.25) is 9.59 Å². The van der Waals surface area contributed by atoms with Crippen LogP contribution in [0.1, 0.15) is 148 Å². The van der Waals surface area contributed by atoms with Gasteiger partial charge in [0.15, 0.2) is 12.6 Å². The van der Waals surface area contributed by atoms with Gasteiger partial charge in [0.25, 0.3) is 0 Å². The molecular weight excluding hydrogens is 2570 g/mol. The highest BCUT2D eigenvalue weighted by Crippen LogP contribution is 2.38. The van der Waals surface area contributed by atoms with Gasteiger partial charge in [-0.15, -0.1) is 0 Å². The number of Topliss-reactive ketones (excluding diaryl/α,β-unsaturated/α-hetero) is 1. The number of carbonyl (C=O) groups excluding carboxylic acids is 1. The first-order valence-electron chi connectivity index (χ1n) is 28.9. The van der Waals surface area contributed by atoms with E-state index < -0.39 is 5.97 Å². The SMILES string of the molecule is CC(C)(S)CCC(=O)O.CCC1(CC)COC(c2ccc(CCC(=O)CCC(C)(C)S)cc2)OC1.CCC1(CC)COC(c2ccc(CN)cc2)OC1.S=S=S=S=S=S=S=S=S=S=S=S=S=S=S=S=S=S=S=S=S=S=S=S=S=S=S=S=S=S=S=S=S=S=S=S=S=S=S=S=S=S=S=S=S=S=S=S=S=S=S=S=S=S=S=S=S=S. The second-order valence-electron chi connectivity index (χ2n) is 19.9. The maximum absolute atomic E-state index is 12.0. The van der Waals surface area contributed by atoms with Crippen LogP contribution >= 0.6 is 25.3 Å². The van der Waals surface area contributed by atoms with Crippen LogP contribution in [0, 0.1) is 10.8 Å². The van der Waals surface area contributed by atoms with Crippen LogP contribution in [0.3, 0.4) is 0 Å². The van der Waals surface area contributed by atoms with E-state index in [1.165, 1.54) is 23.3 Å². The van der Waals surface area contributed by atoms with Gasteiger partial charge in [0.2, 0.25) is 0 Å². The Morgan fingerprint density at radius 1 is 0.360 bits per heavy atom. The largest absolute Gasteiger partial charge is 0.481 e. The molecule has 68 heteroatoms. The van der Waals surface area contributed by atoms with Crippen LogP contribution in [0.25, 0.3) is 0 Å². The minimum absolute atomic E-state index is 0.0789. The van der Waals surface area contributed by atoms with E-state index in [2.05, 4.69) is 77.2 Å². The average molecular weight is 2640 g/mol. The number of carbonyl (C=O) groups is 2. The second kappa shape index (κ2) is 86.3. The predicted octanol–water partition coefficient (Wildman–Crippen LogP) is 9.95. The van der Waals surface area contributed by atoms with Crippen LogP contribution < -0.4 is 5.73 Å². The van der Waals surface area contributed by atoms with Gasteiger partial charge in [-0.05, 0) is 56.1 Å². The van der Waals surface area contributed by atoms with E-state index in [0.717, 1.165) is 81.6 Å². The number of ketones is 1. The summed E-state index contributed by atoms with van der Waals surface area (Å²) in [7, 11) is 100. The predicted molar refractivity (Wildman–Crippen MR) is 649 cm³/mol. The third-order valence-electron chi connectivity index (χ3n) is 12.1. The number of hydrogen-bond donors (Lipinski definition) is 4. The number of rotatable bonds is 16. The Balaban J connectivity index is 0.000000930. The number of aryl methyl sites for hydroxylation is 1. The van der Waals surface area contributed by atoms with Crippen molar-refractivity contribution in [3.05, 3.63) is 70.8 Å². The highest BCUT2D eigenvalue weighted by Gasteiger charge is 2.35. The zero-order chi connectivity index (χ0) is 81.3. The molecule has 111 heavy (non-hydrogen) atoms. The lowest BCUT2D eigenvalue weighted by Gasteiger charge is -2.39. The van der Waals surface area contributed by atoms with Gasteiger partial charge in [-0.1, -0.05) is 104 Å². The summed E-state index contributed by atoms with van der Waals surface area (Å²) in [5, 5.41) is 8.24. The lowest BCUT2D eigenvalue weighted by molar-refractivity contribution is -0.235. The molecule has 0 atom stereocenters. The van der Waals surface area contributed by atoms with Crippen molar-refractivity contribution in [2.45, 2.75) is 148 Å². The standard InChI is InChI=1S/C22H34O3S.C15H23NO2.C6H12O2S.S58/c1-5-22(6-2)15-24-20(25-16-22)18-10-7-17(8-11-18)9-12-19(23)13-14-21(3,4)26;1-3-15(4-2)10-17-14(18-11-15)13-7-5-12(9-16)6-8-13;1-6(2,9)4-3-5(7)8;1-3-5-7-9-11-13-15-17-19-21-23-25-27-29-31-33-35-37-39-41-43-45-47-49-51-53-55-57-58-56-54-52-50-48-46-44-42-40-38-36-34-32-30-28-26-24-22-20-18-16-14-12-10-8-6-4-2/h7-8,10-11,20,26H,5-6,9,12-16H2,1-4H3;5-8,14H,3-4,9-11,16H2,1-2H3;9H,3-4H2,1-2H3,(H,7,8);. The number of thiol groups is 2. The van der Waals surface area contributed by atoms with Crippen molar-refractivity contribution in [1.29, 1.82) is 0 Å². The summed E-state index contributed by atoms with van der Waals surface area (Å²) in [6.45, 7) is 20.3. The van der Waals surface area contributed by atoms with Crippen LogP contribution in [-0.4, -0.2) is 52.8 Å². The van der Waals surface area contributed by atoms with Gasteiger partial charge in [-0.25, -0.2) is 0 Å². The summed E-state index contributed by atoms with van der Waals surface area (Å²) in [6.07, 6.45) is 7.49. The molecular formula is C43H69NO7S60. The fourth-order valence-corrected chi connectivity index (χ4v) is 155. The Bertz CT molecular complexity index is 5920. The van der Waals surface area contributed by atoms with E-state index in [9.17, 15) is 9.59 Å². The number of carboxylic acid groups (broad SMARTS) is 1. The Kier molecular flexibility index (Phi) is 93.1. The van der Waals surface area contributed by atoms with Gasteiger partial charge < -0.3 is 29.8 Å². The molecule has 0 bridgehead atoms. The summed E-state index contributed by atoms with van der Waals surface area (Å²) in [5.74, 6) is -0.442. The highest BCUT2D eigenvalue weighted by molar-refractivity contribution is 8.83. The zero-order valence-electron chi connectivity index (χ0n) is 57.4. The van der Waals surface area contributed by atoms with Crippen molar-refractivity contribution in [3.63, 3.8) is 0 Å². The molecule has 0 spiro atoms. The Hall–Kier alpha value is 10.8. The van der Waals surface area contributed by atoms with Crippen LogP contribution in [0.4, 0.5) is 0 Å². The Morgan fingerprint density at radius 2 is 0.559 bits per heavy atom. The second-order valence-corrected chi connectivity index (χ2v) is 121. The molecule has 648 valence electrons. The summed E-state index contributed by atoms with van der Waals surface area (Å²) in [5.41, 5.74) is 10.4. The van der Waals surface area contributed by atoms with E-state index in [-0.39, 0.29) is 39.3 Å². The number of ether oxygens (including phenoxy) is 4. The molecule has 0 aliphatic carbocycles. The Labute approximate surface area is 833 Å². The monoisotopic (exact) mass is 2630 g/mol. The van der Waals surface area contributed by atoms with E-state index in [4.69, 9.17) is 52.2 Å². The molecule has 0 radical (unpaired) electrons. The molecule has 0 aromatic heterocycles. The molecule has 0 amide bonds. The van der Waals surface area contributed by atoms with Crippen LogP contribution in [0.2, 0.25) is 0 Å². The lowest BCUT2D eigenvalue weighted by atomic mass is 9.83. The topological polar surface area (TPSA) is 117 Å². The van der Waals surface area contributed by atoms with Crippen molar-refractivity contribution in [2.75, 3.05) is 26.4 Å². The molecule has 2 saturated heterocycles. The molecule has 3 N–H and O–H groups in total. The molecule has 2 heterocycles. The summed E-state index contributed by atoms with van der Waals surface area (Å²) < 4.78 is 23.5. The van der Waals surface area contributed by atoms with Gasteiger partial charge in [-0.2, -0.15) is 25.3 Å². The molecule has 2 aliphatic rings. The van der Waals surface area contributed by atoms with Crippen molar-refractivity contribution in [3.8, 4) is 0 Å². The first kappa shape index (κ1) is 120. The average Bonchev–Trinajstić information content (AvgIpc) is 0.830. The molecule has 2 aliphatic heterocycles. The maximum atomic E-state index is 12.0. The first-order valence-corrected chi connectivity index (χ1v) is 106. The third kappa shape index (κ3) is 77.0. The molecule has 4 rings (SSSR count). The highest BCUT2D eigenvalue weighted by atomic mass is 33.5. The fourth-order valence-electron chi connectivity index (χ4n) is 6.42. The zero-order valence-corrected chi connectivity index (χ0v) is 107. The van der Waals surface area contributed by atoms with Crippen molar-refractivity contribution in [2.24, 2.45) is 16.6 Å². The number of carboxylic acids is 1. The van der Waals surface area contributed by atoms with Gasteiger partial charge in [0.05, 0.1) is 26.4 Å². The van der Waals surface area contributed by atoms with Crippen LogP contribution in [0.15, 0.2) is 48.5 Å². The molecule has 8 nitrogen and oxygen atoms in total. The van der Waals surface area contributed by atoms with Crippen LogP contribution in [0.5, 0.6) is 0 Å². The van der Waals surface area contributed by atoms with E-state index in [0.29, 0.717) is 31.6 Å². The normalized spacial score (nSPS) is 12.5. The molecule has 2 fully saturated rings. The molecule has 0 unspecified atom stereocenters. The quantitative estimate of drug-likeness (QED) is 0.121. The molecule has 0 saturated carbocycles. The third-order valence-corrected chi connectivity index (χ3v) is 135. The summed E-state index contributed by atoms with van der Waals surface area (Å²) in [6, 6.07) is 16.4. The number of nitrogens with two attached hydrogens (primary N) is 1. The summed E-state index contributed by atoms with van der Waals surface area (Å²) in [4.78, 5) is 22.0. The smallest absolute Gasteiger partial charge is 0.303 e. The number of benzene rings is 2. The lowest BCUT2D eigenvalue weighted by Crippen LogP contribution is -2.37. The Morgan fingerprint density at radius 3 is 0.730 bits per heavy atom. The van der Waals surface area contributed by atoms with Gasteiger partial charge >= 0.3 is 5.97 Å². The van der Waals surface area contributed by atoms with E-state index in [1.54, 1.807) is 107 Å².